The molecule has 2 heterocycles. The minimum atomic E-state index is -0.643. The van der Waals surface area contributed by atoms with Crippen molar-refractivity contribution >= 4 is 40.4 Å². The zero-order valence-corrected chi connectivity index (χ0v) is 24.7. The van der Waals surface area contributed by atoms with E-state index in [0.717, 1.165) is 38.0 Å². The Balaban J connectivity index is 1.39. The zero-order valence-electron chi connectivity index (χ0n) is 23.2. The predicted molar refractivity (Wildman–Crippen MR) is 165 cm³/mol. The van der Waals surface area contributed by atoms with Crippen LogP contribution in [0, 0.1) is 0 Å². The largest absolute Gasteiger partial charge is 0.368 e. The summed E-state index contributed by atoms with van der Waals surface area (Å²) in [6, 6.07) is 19.9. The number of carbonyl (C=O) groups is 2. The van der Waals surface area contributed by atoms with Gasteiger partial charge in [0.25, 0.3) is 0 Å². The number of piperazine rings is 1. The molecule has 0 spiro atoms. The lowest BCUT2D eigenvalue weighted by atomic mass is 10.0. The lowest BCUT2D eigenvalue weighted by molar-refractivity contribution is -0.136. The molecule has 1 saturated heterocycles. The number of carbonyl (C=O) groups excluding carboxylic acids is 2. The summed E-state index contributed by atoms with van der Waals surface area (Å²) in [5, 5.41) is 9.44. The number of amides is 2. The van der Waals surface area contributed by atoms with Gasteiger partial charge in [0.2, 0.25) is 11.8 Å². The normalized spacial score (nSPS) is 15.1. The molecule has 40 heavy (non-hydrogen) atoms. The molecular formula is C31H40ClN5O2S. The number of hydrogen-bond acceptors (Lipinski definition) is 6. The maximum Gasteiger partial charge on any atom is 0.245 e. The van der Waals surface area contributed by atoms with Crippen LogP contribution in [0.15, 0.2) is 66.0 Å². The van der Waals surface area contributed by atoms with Crippen LogP contribution in [0.2, 0.25) is 5.02 Å². The van der Waals surface area contributed by atoms with Gasteiger partial charge >= 0.3 is 0 Å². The molecular weight excluding hydrogens is 542 g/mol. The number of nitrogens with one attached hydrogen (secondary N) is 2. The highest BCUT2D eigenvalue weighted by Gasteiger charge is 2.30. The van der Waals surface area contributed by atoms with Crippen molar-refractivity contribution in [3.8, 4) is 0 Å². The standard InChI is InChI=1S/C31H40ClN5O2S/c1-2-27(34-16-14-25-6-5-21-40-25)26-7-3-4-8-29(26)36-17-19-37(20-18-36)31(39)28(35-30(38)13-15-33)22-23-9-11-24(32)12-10-23/h3-12,21,27-28,34H,2,13-20,22,33H2,1H3,(H,35,38)/t27?,28-/m1/s1. The number of rotatable bonds is 13. The molecule has 2 amide bonds. The van der Waals surface area contributed by atoms with Crippen molar-refractivity contribution in [2.75, 3.05) is 44.2 Å². The molecule has 1 fully saturated rings. The van der Waals surface area contributed by atoms with Crippen LogP contribution in [0.5, 0.6) is 0 Å². The SMILES string of the molecule is CCC(NCCc1cccs1)c1ccccc1N1CCN(C(=O)[C@@H](Cc2ccc(Cl)cc2)NC(=O)CCN)CC1. The van der Waals surface area contributed by atoms with E-state index in [-0.39, 0.29) is 30.8 Å². The van der Waals surface area contributed by atoms with E-state index in [9.17, 15) is 9.59 Å². The fourth-order valence-corrected chi connectivity index (χ4v) is 6.05. The van der Waals surface area contributed by atoms with E-state index in [1.165, 1.54) is 16.1 Å². The van der Waals surface area contributed by atoms with Crippen LogP contribution in [0.4, 0.5) is 5.69 Å². The van der Waals surface area contributed by atoms with E-state index in [1.807, 2.05) is 17.0 Å². The van der Waals surface area contributed by atoms with Crippen molar-refractivity contribution in [2.24, 2.45) is 5.73 Å². The Kier molecular flexibility index (Phi) is 11.4. The number of halogens is 1. The summed E-state index contributed by atoms with van der Waals surface area (Å²) in [5.74, 6) is -0.269. The molecule has 4 rings (SSSR count). The second kappa shape index (κ2) is 15.2. The van der Waals surface area contributed by atoms with Crippen molar-refractivity contribution < 1.29 is 9.59 Å². The van der Waals surface area contributed by atoms with E-state index in [1.54, 1.807) is 23.5 Å². The minimum Gasteiger partial charge on any atom is -0.368 e. The highest BCUT2D eigenvalue weighted by Crippen LogP contribution is 2.29. The van der Waals surface area contributed by atoms with Crippen LogP contribution in [-0.2, 0) is 22.4 Å². The quantitative estimate of drug-likeness (QED) is 0.278. The highest BCUT2D eigenvalue weighted by atomic mass is 35.5. The Labute approximate surface area is 246 Å². The Morgan fingerprint density at radius 1 is 1.02 bits per heavy atom. The molecule has 214 valence electrons. The lowest BCUT2D eigenvalue weighted by Crippen LogP contribution is -2.56. The van der Waals surface area contributed by atoms with Gasteiger partial charge in [-0.25, -0.2) is 0 Å². The van der Waals surface area contributed by atoms with Crippen LogP contribution >= 0.6 is 22.9 Å². The Hall–Kier alpha value is -2.91. The third kappa shape index (κ3) is 8.30. The smallest absolute Gasteiger partial charge is 0.245 e. The number of anilines is 1. The molecule has 1 aromatic heterocycles. The van der Waals surface area contributed by atoms with Gasteiger partial charge in [0, 0.05) is 73.7 Å². The molecule has 4 N–H and O–H groups in total. The Morgan fingerprint density at radius 3 is 2.45 bits per heavy atom. The molecule has 1 unspecified atom stereocenters. The van der Waals surface area contributed by atoms with Gasteiger partial charge in [-0.3, -0.25) is 9.59 Å². The van der Waals surface area contributed by atoms with Gasteiger partial charge in [-0.1, -0.05) is 54.9 Å². The van der Waals surface area contributed by atoms with Gasteiger partial charge in [0.15, 0.2) is 0 Å². The third-order valence-corrected chi connectivity index (χ3v) is 8.54. The first-order valence-corrected chi connectivity index (χ1v) is 15.4. The fraction of sp³-hybridized carbons (Fsp3) is 0.419. The van der Waals surface area contributed by atoms with Gasteiger partial charge < -0.3 is 26.2 Å². The van der Waals surface area contributed by atoms with Gasteiger partial charge in [0.1, 0.15) is 6.04 Å². The van der Waals surface area contributed by atoms with Gasteiger partial charge in [-0.15, -0.1) is 11.3 Å². The molecule has 9 heteroatoms. The Bertz CT molecular complexity index is 1210. The minimum absolute atomic E-state index is 0.0602. The van der Waals surface area contributed by atoms with Gasteiger partial charge in [-0.2, -0.15) is 0 Å². The molecule has 2 atom stereocenters. The number of para-hydroxylation sites is 1. The lowest BCUT2D eigenvalue weighted by Gasteiger charge is -2.39. The summed E-state index contributed by atoms with van der Waals surface area (Å²) >= 11 is 7.84. The van der Waals surface area contributed by atoms with Crippen LogP contribution < -0.4 is 21.3 Å². The van der Waals surface area contributed by atoms with E-state index >= 15 is 0 Å². The molecule has 0 radical (unpaired) electrons. The Morgan fingerprint density at radius 2 is 1.77 bits per heavy atom. The number of nitrogens with two attached hydrogens (primary N) is 1. The summed E-state index contributed by atoms with van der Waals surface area (Å²) in [6.45, 7) is 6.06. The fourth-order valence-electron chi connectivity index (χ4n) is 5.21. The van der Waals surface area contributed by atoms with Crippen molar-refractivity contribution in [3.05, 3.63) is 87.1 Å². The van der Waals surface area contributed by atoms with E-state index < -0.39 is 6.04 Å². The molecule has 0 saturated carbocycles. The molecule has 3 aromatic rings. The van der Waals surface area contributed by atoms with Crippen LogP contribution in [0.25, 0.3) is 0 Å². The number of hydrogen-bond donors (Lipinski definition) is 3. The van der Waals surface area contributed by atoms with Crippen LogP contribution in [0.3, 0.4) is 0 Å². The summed E-state index contributed by atoms with van der Waals surface area (Å²) in [6.07, 6.45) is 2.62. The number of benzene rings is 2. The van der Waals surface area contributed by atoms with Gasteiger partial charge in [-0.05, 0) is 53.6 Å². The zero-order chi connectivity index (χ0) is 28.3. The number of thiophene rings is 1. The second-order valence-corrected chi connectivity index (χ2v) is 11.6. The van der Waals surface area contributed by atoms with Crippen molar-refractivity contribution in [3.63, 3.8) is 0 Å². The van der Waals surface area contributed by atoms with E-state index in [2.05, 4.69) is 64.2 Å². The van der Waals surface area contributed by atoms with E-state index in [4.69, 9.17) is 17.3 Å². The first kappa shape index (κ1) is 30.1. The topological polar surface area (TPSA) is 90.7 Å². The molecule has 1 aliphatic rings. The molecule has 0 bridgehead atoms. The maximum atomic E-state index is 13.6. The summed E-state index contributed by atoms with van der Waals surface area (Å²) in [5.41, 5.74) is 9.04. The summed E-state index contributed by atoms with van der Waals surface area (Å²) in [7, 11) is 0. The average Bonchev–Trinajstić information content (AvgIpc) is 3.50. The molecule has 7 nitrogen and oxygen atoms in total. The van der Waals surface area contributed by atoms with Crippen LogP contribution in [-0.4, -0.2) is 62.0 Å². The van der Waals surface area contributed by atoms with E-state index in [0.29, 0.717) is 24.5 Å². The van der Waals surface area contributed by atoms with Crippen molar-refractivity contribution in [2.45, 2.75) is 44.7 Å². The molecule has 2 aromatic carbocycles. The van der Waals surface area contributed by atoms with Crippen LogP contribution in [0.1, 0.15) is 41.8 Å². The number of nitrogens with zero attached hydrogens (tertiary/aromatic N) is 2. The molecule has 1 aliphatic heterocycles. The van der Waals surface area contributed by atoms with Crippen molar-refractivity contribution in [1.82, 2.24) is 15.5 Å². The summed E-state index contributed by atoms with van der Waals surface area (Å²) < 4.78 is 0. The third-order valence-electron chi connectivity index (χ3n) is 7.35. The first-order chi connectivity index (χ1) is 19.5. The monoisotopic (exact) mass is 581 g/mol. The summed E-state index contributed by atoms with van der Waals surface area (Å²) in [4.78, 5) is 31.7. The highest BCUT2D eigenvalue weighted by molar-refractivity contribution is 7.09. The maximum absolute atomic E-state index is 13.6. The van der Waals surface area contributed by atoms with Crippen molar-refractivity contribution in [1.29, 1.82) is 0 Å². The predicted octanol–water partition coefficient (Wildman–Crippen LogP) is 4.41. The second-order valence-electron chi connectivity index (χ2n) is 10.1. The van der Waals surface area contributed by atoms with Gasteiger partial charge in [0.05, 0.1) is 0 Å². The molecule has 0 aliphatic carbocycles. The first-order valence-electron chi connectivity index (χ1n) is 14.1. The average molecular weight is 582 g/mol.